The second-order valence-electron chi connectivity index (χ2n) is 6.82. The predicted octanol–water partition coefficient (Wildman–Crippen LogP) is 3.62. The lowest BCUT2D eigenvalue weighted by Crippen LogP contribution is -2.49. The highest BCUT2D eigenvalue weighted by Gasteiger charge is 2.24. The number of hydrogen-bond acceptors (Lipinski definition) is 6. The van der Waals surface area contributed by atoms with Crippen molar-refractivity contribution in [2.45, 2.75) is 6.92 Å². The SMILES string of the molecule is CCOC(=O)N1CCN(c2cc(-c3ccccc3F)nc(-c3ccncc3)n2)CC1. The van der Waals surface area contributed by atoms with Crippen LogP contribution in [0.4, 0.5) is 15.0 Å². The van der Waals surface area contributed by atoms with Crippen LogP contribution in [0, 0.1) is 5.82 Å². The van der Waals surface area contributed by atoms with Gasteiger partial charge < -0.3 is 14.5 Å². The number of anilines is 1. The number of carbonyl (C=O) groups excluding carboxylic acids is 1. The van der Waals surface area contributed by atoms with Crippen molar-refractivity contribution in [3.05, 3.63) is 60.7 Å². The second kappa shape index (κ2) is 8.86. The molecule has 3 aromatic rings. The fraction of sp³-hybridized carbons (Fsp3) is 0.273. The standard InChI is InChI=1S/C22H22FN5O2/c1-2-30-22(29)28-13-11-27(12-14-28)20-15-19(17-5-3-4-6-18(17)23)25-21(26-20)16-7-9-24-10-8-16/h3-10,15H,2,11-14H2,1H3. The number of pyridine rings is 1. The molecule has 0 saturated carbocycles. The average molecular weight is 407 g/mol. The molecule has 4 rings (SSSR count). The van der Waals surface area contributed by atoms with Gasteiger partial charge in [-0.2, -0.15) is 0 Å². The number of carbonyl (C=O) groups is 1. The molecule has 0 N–H and O–H groups in total. The molecular weight excluding hydrogens is 385 g/mol. The van der Waals surface area contributed by atoms with Crippen LogP contribution in [0.2, 0.25) is 0 Å². The lowest BCUT2D eigenvalue weighted by Gasteiger charge is -2.35. The van der Waals surface area contributed by atoms with Gasteiger partial charge in [-0.05, 0) is 31.2 Å². The molecule has 1 aliphatic heterocycles. The van der Waals surface area contributed by atoms with Crippen molar-refractivity contribution in [3.63, 3.8) is 0 Å². The van der Waals surface area contributed by atoms with Crippen molar-refractivity contribution in [1.82, 2.24) is 19.9 Å². The van der Waals surface area contributed by atoms with Gasteiger partial charge in [0.15, 0.2) is 5.82 Å². The minimum atomic E-state index is -0.338. The summed E-state index contributed by atoms with van der Waals surface area (Å²) in [7, 11) is 0. The number of nitrogens with zero attached hydrogens (tertiary/aromatic N) is 5. The fourth-order valence-corrected chi connectivity index (χ4v) is 3.37. The highest BCUT2D eigenvalue weighted by molar-refractivity contribution is 5.70. The molecule has 3 heterocycles. The first-order chi connectivity index (χ1) is 14.7. The van der Waals surface area contributed by atoms with E-state index in [9.17, 15) is 9.18 Å². The first-order valence-electron chi connectivity index (χ1n) is 9.86. The van der Waals surface area contributed by atoms with Crippen LogP contribution in [0.3, 0.4) is 0 Å². The Kier molecular flexibility index (Phi) is 5.83. The minimum absolute atomic E-state index is 0.302. The monoisotopic (exact) mass is 407 g/mol. The summed E-state index contributed by atoms with van der Waals surface area (Å²) in [5, 5.41) is 0. The minimum Gasteiger partial charge on any atom is -0.450 e. The van der Waals surface area contributed by atoms with Crippen LogP contribution in [0.15, 0.2) is 54.9 Å². The Balaban J connectivity index is 1.67. The number of halogens is 1. The van der Waals surface area contributed by atoms with E-state index < -0.39 is 0 Å². The first-order valence-corrected chi connectivity index (χ1v) is 9.86. The highest BCUT2D eigenvalue weighted by atomic mass is 19.1. The van der Waals surface area contributed by atoms with Crippen molar-refractivity contribution in [2.75, 3.05) is 37.7 Å². The summed E-state index contributed by atoms with van der Waals surface area (Å²) in [5.41, 5.74) is 1.73. The van der Waals surface area contributed by atoms with E-state index in [0.29, 0.717) is 55.7 Å². The molecule has 1 aliphatic rings. The van der Waals surface area contributed by atoms with Crippen molar-refractivity contribution in [2.24, 2.45) is 0 Å². The van der Waals surface area contributed by atoms with Gasteiger partial charge in [0.05, 0.1) is 12.3 Å². The Labute approximate surface area is 174 Å². The number of hydrogen-bond donors (Lipinski definition) is 0. The van der Waals surface area contributed by atoms with E-state index in [0.717, 1.165) is 5.56 Å². The van der Waals surface area contributed by atoms with E-state index in [4.69, 9.17) is 9.72 Å². The van der Waals surface area contributed by atoms with E-state index >= 15 is 0 Å². The van der Waals surface area contributed by atoms with Gasteiger partial charge >= 0.3 is 6.09 Å². The van der Waals surface area contributed by atoms with Gasteiger partial charge in [0.1, 0.15) is 11.6 Å². The van der Waals surface area contributed by atoms with Crippen LogP contribution in [0.25, 0.3) is 22.6 Å². The molecule has 0 aliphatic carbocycles. The van der Waals surface area contributed by atoms with Gasteiger partial charge in [-0.15, -0.1) is 0 Å². The summed E-state index contributed by atoms with van der Waals surface area (Å²) in [6.07, 6.45) is 3.04. The maximum atomic E-state index is 14.5. The van der Waals surface area contributed by atoms with Gasteiger partial charge in [0.2, 0.25) is 0 Å². The van der Waals surface area contributed by atoms with Gasteiger partial charge in [0.25, 0.3) is 0 Å². The molecular formula is C22H22FN5O2. The zero-order valence-corrected chi connectivity index (χ0v) is 16.7. The highest BCUT2D eigenvalue weighted by Crippen LogP contribution is 2.28. The van der Waals surface area contributed by atoms with E-state index in [-0.39, 0.29) is 11.9 Å². The Morgan fingerprint density at radius 3 is 2.50 bits per heavy atom. The summed E-state index contributed by atoms with van der Waals surface area (Å²) < 4.78 is 19.5. The number of benzene rings is 1. The van der Waals surface area contributed by atoms with Crippen LogP contribution in [0.5, 0.6) is 0 Å². The fourth-order valence-electron chi connectivity index (χ4n) is 3.37. The third-order valence-corrected chi connectivity index (χ3v) is 4.93. The number of rotatable bonds is 4. The topological polar surface area (TPSA) is 71.5 Å². The Bertz CT molecular complexity index is 1020. The molecule has 7 nitrogen and oxygen atoms in total. The van der Waals surface area contributed by atoms with Crippen molar-refractivity contribution in [1.29, 1.82) is 0 Å². The predicted molar refractivity (Wildman–Crippen MR) is 111 cm³/mol. The number of piperazine rings is 1. The van der Waals surface area contributed by atoms with Gasteiger partial charge in [-0.1, -0.05) is 12.1 Å². The summed E-state index contributed by atoms with van der Waals surface area (Å²) >= 11 is 0. The smallest absolute Gasteiger partial charge is 0.409 e. The Hall–Kier alpha value is -3.55. The van der Waals surface area contributed by atoms with Crippen molar-refractivity contribution >= 4 is 11.9 Å². The van der Waals surface area contributed by atoms with E-state index in [1.54, 1.807) is 48.5 Å². The molecule has 8 heteroatoms. The van der Waals surface area contributed by atoms with Gasteiger partial charge in [-0.3, -0.25) is 4.98 Å². The van der Waals surface area contributed by atoms with Crippen molar-refractivity contribution < 1.29 is 13.9 Å². The molecule has 30 heavy (non-hydrogen) atoms. The van der Waals surface area contributed by atoms with Crippen LogP contribution in [-0.4, -0.2) is 58.7 Å². The van der Waals surface area contributed by atoms with Crippen LogP contribution in [-0.2, 0) is 4.74 Å². The molecule has 2 aromatic heterocycles. The second-order valence-corrected chi connectivity index (χ2v) is 6.82. The number of amides is 1. The van der Waals surface area contributed by atoms with E-state index in [1.165, 1.54) is 6.07 Å². The normalized spacial score (nSPS) is 13.9. The summed E-state index contributed by atoms with van der Waals surface area (Å²) in [6, 6.07) is 12.0. The molecule has 0 unspecified atom stereocenters. The van der Waals surface area contributed by atoms with Crippen LogP contribution < -0.4 is 4.90 Å². The van der Waals surface area contributed by atoms with Gasteiger partial charge in [0, 0.05) is 55.8 Å². The quantitative estimate of drug-likeness (QED) is 0.658. The van der Waals surface area contributed by atoms with E-state index in [2.05, 4.69) is 14.9 Å². The molecule has 0 radical (unpaired) electrons. The molecule has 1 saturated heterocycles. The molecule has 0 bridgehead atoms. The van der Waals surface area contributed by atoms with Gasteiger partial charge in [-0.25, -0.2) is 19.2 Å². The summed E-state index contributed by atoms with van der Waals surface area (Å²) in [4.78, 5) is 29.1. The molecule has 0 atom stereocenters. The molecule has 0 spiro atoms. The third kappa shape index (κ3) is 4.22. The van der Waals surface area contributed by atoms with E-state index in [1.807, 2.05) is 12.1 Å². The molecule has 154 valence electrons. The maximum Gasteiger partial charge on any atom is 0.409 e. The Morgan fingerprint density at radius 1 is 1.07 bits per heavy atom. The number of ether oxygens (including phenoxy) is 1. The third-order valence-electron chi connectivity index (χ3n) is 4.93. The molecule has 1 amide bonds. The average Bonchev–Trinajstić information content (AvgIpc) is 2.80. The maximum absolute atomic E-state index is 14.5. The molecule has 1 fully saturated rings. The van der Waals surface area contributed by atoms with Crippen LogP contribution >= 0.6 is 0 Å². The Morgan fingerprint density at radius 2 is 1.80 bits per heavy atom. The molecule has 1 aromatic carbocycles. The lowest BCUT2D eigenvalue weighted by atomic mass is 10.1. The summed E-state index contributed by atoms with van der Waals surface area (Å²) in [5.74, 6) is 0.856. The largest absolute Gasteiger partial charge is 0.450 e. The first kappa shape index (κ1) is 19.8. The van der Waals surface area contributed by atoms with Crippen molar-refractivity contribution in [3.8, 4) is 22.6 Å². The summed E-state index contributed by atoms with van der Waals surface area (Å²) in [6.45, 7) is 4.40. The lowest BCUT2D eigenvalue weighted by molar-refractivity contribution is 0.105. The zero-order valence-electron chi connectivity index (χ0n) is 16.7. The zero-order chi connectivity index (χ0) is 20.9. The van der Waals surface area contributed by atoms with Crippen LogP contribution in [0.1, 0.15) is 6.92 Å². The number of aromatic nitrogens is 3.